The number of carbonyl (C=O) groups excluding carboxylic acids is 3. The molecule has 3 atom stereocenters. The van der Waals surface area contributed by atoms with E-state index in [4.69, 9.17) is 14.0 Å². The molecule has 2 aromatic rings. The Labute approximate surface area is 210 Å². The Morgan fingerprint density at radius 1 is 1.06 bits per heavy atom. The summed E-state index contributed by atoms with van der Waals surface area (Å²) in [6, 6.07) is 10.00. The highest BCUT2D eigenvalue weighted by atomic mass is 16.5. The maximum Gasteiger partial charge on any atom is 0.247 e. The number of aromatic nitrogens is 1. The molecule has 4 rings (SSSR count). The van der Waals surface area contributed by atoms with E-state index in [9.17, 15) is 14.4 Å². The minimum Gasteiger partial charge on any atom is -0.376 e. The van der Waals surface area contributed by atoms with E-state index in [0.717, 1.165) is 25.7 Å². The number of carbonyl (C=O) groups is 3. The fourth-order valence-electron chi connectivity index (χ4n) is 4.58. The van der Waals surface area contributed by atoms with Crippen LogP contribution in [0.1, 0.15) is 55.9 Å². The lowest BCUT2D eigenvalue weighted by Crippen LogP contribution is -2.47. The first-order valence-electron chi connectivity index (χ1n) is 12.6. The third-order valence-corrected chi connectivity index (χ3v) is 6.41. The van der Waals surface area contributed by atoms with Crippen molar-refractivity contribution in [2.75, 3.05) is 31.6 Å². The first kappa shape index (κ1) is 25.8. The Bertz CT molecular complexity index is 1010. The van der Waals surface area contributed by atoms with E-state index in [-0.39, 0.29) is 49.3 Å². The highest BCUT2D eigenvalue weighted by molar-refractivity contribution is 5.94. The van der Waals surface area contributed by atoms with Crippen LogP contribution in [0.3, 0.4) is 0 Å². The molecule has 1 aromatic carbocycles. The number of rotatable bonds is 11. The zero-order valence-corrected chi connectivity index (χ0v) is 20.6. The second-order valence-electron chi connectivity index (χ2n) is 9.25. The summed E-state index contributed by atoms with van der Waals surface area (Å²) in [6.07, 6.45) is 3.32. The molecule has 2 fully saturated rings. The molecule has 2 saturated heterocycles. The van der Waals surface area contributed by atoms with E-state index in [1.165, 1.54) is 0 Å². The Morgan fingerprint density at radius 2 is 1.78 bits per heavy atom. The van der Waals surface area contributed by atoms with Crippen LogP contribution < -0.4 is 10.6 Å². The molecule has 3 amide bonds. The maximum absolute atomic E-state index is 13.5. The summed E-state index contributed by atoms with van der Waals surface area (Å²) in [4.78, 5) is 41.0. The Hall–Kier alpha value is -3.24. The van der Waals surface area contributed by atoms with Crippen molar-refractivity contribution in [3.05, 3.63) is 47.7 Å². The van der Waals surface area contributed by atoms with E-state index >= 15 is 0 Å². The van der Waals surface area contributed by atoms with Crippen LogP contribution in [0.25, 0.3) is 0 Å². The van der Waals surface area contributed by atoms with Crippen LogP contribution >= 0.6 is 0 Å². The molecule has 194 valence electrons. The van der Waals surface area contributed by atoms with Gasteiger partial charge in [0.15, 0.2) is 5.82 Å². The summed E-state index contributed by atoms with van der Waals surface area (Å²) in [5.41, 5.74) is 0.705. The van der Waals surface area contributed by atoms with E-state index in [0.29, 0.717) is 36.9 Å². The van der Waals surface area contributed by atoms with Gasteiger partial charge in [-0.3, -0.25) is 14.4 Å². The number of anilines is 1. The summed E-state index contributed by atoms with van der Waals surface area (Å²) in [5.74, 6) is -0.0443. The Balaban J connectivity index is 1.48. The smallest absolute Gasteiger partial charge is 0.247 e. The highest BCUT2D eigenvalue weighted by Gasteiger charge is 2.34. The number of nitrogens with one attached hydrogen (secondary N) is 2. The first-order valence-corrected chi connectivity index (χ1v) is 12.6. The predicted octanol–water partition coefficient (Wildman–Crippen LogP) is 2.75. The van der Waals surface area contributed by atoms with Crippen molar-refractivity contribution in [3.63, 3.8) is 0 Å². The SMILES string of the molecule is Cc1cc(NC(=O)CCC(=O)N(C[C@H]2CCCO2)[C@@H](C(=O)NC[C@@H]2CCCO2)c2ccccc2)no1. The molecule has 0 bridgehead atoms. The molecular weight excluding hydrogens is 464 g/mol. The van der Waals surface area contributed by atoms with Crippen LogP contribution in [0.2, 0.25) is 0 Å². The molecular formula is C26H34N4O6. The summed E-state index contributed by atoms with van der Waals surface area (Å²) >= 11 is 0. The van der Waals surface area contributed by atoms with Crippen molar-refractivity contribution in [1.82, 2.24) is 15.4 Å². The van der Waals surface area contributed by atoms with E-state index in [1.807, 2.05) is 30.3 Å². The van der Waals surface area contributed by atoms with Crippen molar-refractivity contribution >= 4 is 23.5 Å². The van der Waals surface area contributed by atoms with Crippen molar-refractivity contribution in [2.45, 2.75) is 63.7 Å². The van der Waals surface area contributed by atoms with Gasteiger partial charge < -0.3 is 29.5 Å². The number of ether oxygens (including phenoxy) is 2. The second-order valence-corrected chi connectivity index (χ2v) is 9.25. The summed E-state index contributed by atoms with van der Waals surface area (Å²) in [6.45, 7) is 3.72. The third-order valence-electron chi connectivity index (χ3n) is 6.41. The number of hydrogen-bond acceptors (Lipinski definition) is 7. The lowest BCUT2D eigenvalue weighted by atomic mass is 10.0. The molecule has 10 heteroatoms. The fourth-order valence-corrected chi connectivity index (χ4v) is 4.58. The highest BCUT2D eigenvalue weighted by Crippen LogP contribution is 2.26. The van der Waals surface area contributed by atoms with E-state index < -0.39 is 6.04 Å². The second kappa shape index (κ2) is 12.6. The molecule has 0 radical (unpaired) electrons. The van der Waals surface area contributed by atoms with Gasteiger partial charge in [-0.2, -0.15) is 0 Å². The molecule has 1 aromatic heterocycles. The van der Waals surface area contributed by atoms with Crippen LogP contribution in [0.5, 0.6) is 0 Å². The van der Waals surface area contributed by atoms with Gasteiger partial charge in [0.2, 0.25) is 17.7 Å². The van der Waals surface area contributed by atoms with Crippen LogP contribution in [0.15, 0.2) is 40.9 Å². The molecule has 0 unspecified atom stereocenters. The molecule has 10 nitrogen and oxygen atoms in total. The molecule has 0 spiro atoms. The molecule has 0 aliphatic carbocycles. The predicted molar refractivity (Wildman–Crippen MR) is 131 cm³/mol. The van der Waals surface area contributed by atoms with Crippen molar-refractivity contribution in [1.29, 1.82) is 0 Å². The van der Waals surface area contributed by atoms with E-state index in [1.54, 1.807) is 17.9 Å². The fraction of sp³-hybridized carbons (Fsp3) is 0.538. The van der Waals surface area contributed by atoms with Crippen molar-refractivity contribution < 1.29 is 28.4 Å². The van der Waals surface area contributed by atoms with Crippen molar-refractivity contribution in [2.24, 2.45) is 0 Å². The minimum absolute atomic E-state index is 0.0171. The quantitative estimate of drug-likeness (QED) is 0.488. The Kier molecular flexibility index (Phi) is 9.07. The summed E-state index contributed by atoms with van der Waals surface area (Å²) in [5, 5.41) is 9.37. The average Bonchev–Trinajstić information content (AvgIpc) is 3.66. The van der Waals surface area contributed by atoms with Crippen LogP contribution in [0.4, 0.5) is 5.82 Å². The number of nitrogens with zero attached hydrogens (tertiary/aromatic N) is 2. The van der Waals surface area contributed by atoms with Gasteiger partial charge in [0.25, 0.3) is 0 Å². The molecule has 3 heterocycles. The molecule has 0 saturated carbocycles. The van der Waals surface area contributed by atoms with Crippen LogP contribution in [-0.4, -0.2) is 66.3 Å². The Morgan fingerprint density at radius 3 is 2.42 bits per heavy atom. The zero-order valence-electron chi connectivity index (χ0n) is 20.6. The van der Waals surface area contributed by atoms with Gasteiger partial charge in [0.05, 0.1) is 12.2 Å². The average molecular weight is 499 g/mol. The summed E-state index contributed by atoms with van der Waals surface area (Å²) < 4.78 is 16.4. The molecule has 2 aliphatic rings. The topological polar surface area (TPSA) is 123 Å². The number of hydrogen-bond donors (Lipinski definition) is 2. The third kappa shape index (κ3) is 7.14. The van der Waals surface area contributed by atoms with Gasteiger partial charge in [-0.25, -0.2) is 0 Å². The number of aryl methyl sites for hydroxylation is 1. The van der Waals surface area contributed by atoms with Crippen LogP contribution in [-0.2, 0) is 23.9 Å². The standard InChI is InChI=1S/C26H34N4O6/c1-18-15-22(29-36-18)28-23(31)11-12-24(32)30(17-21-10-6-14-35-21)25(19-7-3-2-4-8-19)26(33)27-16-20-9-5-13-34-20/h2-4,7-8,15,20-21,25H,5-6,9-14,16-17H2,1H3,(H,27,33)(H,28,29,31)/t20-,21+,25+/m0/s1. The van der Waals surface area contributed by atoms with Crippen LogP contribution in [0, 0.1) is 6.92 Å². The lowest BCUT2D eigenvalue weighted by Gasteiger charge is -2.33. The van der Waals surface area contributed by atoms with Gasteiger partial charge in [-0.05, 0) is 38.2 Å². The lowest BCUT2D eigenvalue weighted by molar-refractivity contribution is -0.143. The normalized spacial score (nSPS) is 20.1. The van der Waals surface area contributed by atoms with Crippen molar-refractivity contribution in [3.8, 4) is 0 Å². The van der Waals surface area contributed by atoms with Gasteiger partial charge in [-0.1, -0.05) is 35.5 Å². The molecule has 2 aliphatic heterocycles. The monoisotopic (exact) mass is 498 g/mol. The molecule has 36 heavy (non-hydrogen) atoms. The maximum atomic E-state index is 13.5. The largest absolute Gasteiger partial charge is 0.376 e. The van der Waals surface area contributed by atoms with Gasteiger partial charge >= 0.3 is 0 Å². The first-order chi connectivity index (χ1) is 17.5. The molecule has 2 N–H and O–H groups in total. The van der Waals surface area contributed by atoms with Gasteiger partial charge in [0.1, 0.15) is 11.8 Å². The van der Waals surface area contributed by atoms with Gasteiger partial charge in [0, 0.05) is 45.2 Å². The zero-order chi connectivity index (χ0) is 25.3. The number of amides is 3. The van der Waals surface area contributed by atoms with E-state index in [2.05, 4.69) is 15.8 Å². The summed E-state index contributed by atoms with van der Waals surface area (Å²) in [7, 11) is 0. The minimum atomic E-state index is -0.842. The van der Waals surface area contributed by atoms with Gasteiger partial charge in [-0.15, -0.1) is 0 Å². The number of benzene rings is 1.